The molecule has 0 radical (unpaired) electrons. The lowest BCUT2D eigenvalue weighted by Gasteiger charge is -2.21. The number of nitrogens with one attached hydrogen (secondary N) is 1. The first-order valence-corrected chi connectivity index (χ1v) is 7.99. The van der Waals surface area contributed by atoms with Crippen LogP contribution in [0.15, 0.2) is 0 Å². The quantitative estimate of drug-likeness (QED) is 0.738. The largest absolute Gasteiger partial charge is 0.311 e. The molecule has 2 fully saturated rings. The van der Waals surface area contributed by atoms with Gasteiger partial charge in [-0.05, 0) is 25.8 Å². The van der Waals surface area contributed by atoms with Crippen LogP contribution in [0.1, 0.15) is 19.3 Å². The lowest BCUT2D eigenvalue weighted by molar-refractivity contribution is 0.300. The van der Waals surface area contributed by atoms with Gasteiger partial charge in [-0.15, -0.1) is 0 Å². The number of hydrogen-bond donors (Lipinski definition) is 1. The molecule has 0 aromatic carbocycles. The third-order valence-electron chi connectivity index (χ3n) is 3.93. The molecule has 2 saturated heterocycles. The molecule has 100 valence electrons. The van der Waals surface area contributed by atoms with Gasteiger partial charge in [-0.2, -0.15) is 0 Å². The van der Waals surface area contributed by atoms with Crippen molar-refractivity contribution in [3.63, 3.8) is 0 Å². The van der Waals surface area contributed by atoms with Crippen LogP contribution in [-0.4, -0.2) is 69.2 Å². The lowest BCUT2D eigenvalue weighted by atomic mass is 10.1. The highest BCUT2D eigenvalue weighted by molar-refractivity contribution is 7.89. The smallest absolute Gasteiger partial charge is 0.214 e. The van der Waals surface area contributed by atoms with Crippen LogP contribution in [0.5, 0.6) is 0 Å². The van der Waals surface area contributed by atoms with Crippen molar-refractivity contribution in [2.24, 2.45) is 0 Å². The molecule has 0 aliphatic carbocycles. The predicted molar refractivity (Wildman–Crippen MR) is 68.5 cm³/mol. The van der Waals surface area contributed by atoms with Crippen molar-refractivity contribution in [3.05, 3.63) is 0 Å². The first-order chi connectivity index (χ1) is 8.00. The molecule has 5 nitrogen and oxygen atoms in total. The van der Waals surface area contributed by atoms with Crippen molar-refractivity contribution in [2.45, 2.75) is 31.3 Å². The Labute approximate surface area is 104 Å². The normalized spacial score (nSPS) is 30.1. The first kappa shape index (κ1) is 13.3. The highest BCUT2D eigenvalue weighted by Gasteiger charge is 2.36. The fraction of sp³-hybridized carbons (Fsp3) is 1.00. The Morgan fingerprint density at radius 1 is 1.29 bits per heavy atom. The Bertz CT molecular complexity index is 356. The maximum Gasteiger partial charge on any atom is 0.214 e. The minimum atomic E-state index is -3.05. The van der Waals surface area contributed by atoms with E-state index < -0.39 is 10.0 Å². The molecule has 0 amide bonds. The Hall–Kier alpha value is -0.170. The first-order valence-electron chi connectivity index (χ1n) is 6.38. The average Bonchev–Trinajstić information content (AvgIpc) is 2.81. The third-order valence-corrected chi connectivity index (χ3v) is 5.76. The SMILES string of the molecule is CN(C)S(=O)(=O)CCNC1CCN2CCCC12. The Balaban J connectivity index is 1.76. The molecule has 2 aliphatic rings. The predicted octanol–water partition coefficient (Wildman–Crippen LogP) is -0.296. The molecule has 2 unspecified atom stereocenters. The van der Waals surface area contributed by atoms with E-state index in [2.05, 4.69) is 10.2 Å². The topological polar surface area (TPSA) is 52.7 Å². The third kappa shape index (κ3) is 2.99. The lowest BCUT2D eigenvalue weighted by Crippen LogP contribution is -2.42. The van der Waals surface area contributed by atoms with Gasteiger partial charge in [0.2, 0.25) is 10.0 Å². The van der Waals surface area contributed by atoms with Crippen molar-refractivity contribution in [3.8, 4) is 0 Å². The van der Waals surface area contributed by atoms with Gasteiger partial charge in [0.1, 0.15) is 0 Å². The molecule has 0 spiro atoms. The van der Waals surface area contributed by atoms with E-state index in [-0.39, 0.29) is 5.75 Å². The molecule has 0 aromatic rings. The van der Waals surface area contributed by atoms with Crippen molar-refractivity contribution in [1.29, 1.82) is 0 Å². The Morgan fingerprint density at radius 3 is 2.76 bits per heavy atom. The van der Waals surface area contributed by atoms with Gasteiger partial charge < -0.3 is 5.32 Å². The van der Waals surface area contributed by atoms with E-state index in [0.29, 0.717) is 18.6 Å². The molecule has 17 heavy (non-hydrogen) atoms. The molecular weight excluding hydrogens is 238 g/mol. The summed E-state index contributed by atoms with van der Waals surface area (Å²) in [5.74, 6) is 0.198. The van der Waals surface area contributed by atoms with Gasteiger partial charge in [-0.25, -0.2) is 12.7 Å². The summed E-state index contributed by atoms with van der Waals surface area (Å²) in [6.45, 7) is 2.96. The highest BCUT2D eigenvalue weighted by Crippen LogP contribution is 2.27. The van der Waals surface area contributed by atoms with E-state index in [1.807, 2.05) is 0 Å². The van der Waals surface area contributed by atoms with Gasteiger partial charge in [0.15, 0.2) is 0 Å². The van der Waals surface area contributed by atoms with Crippen LogP contribution in [0.25, 0.3) is 0 Å². The summed E-state index contributed by atoms with van der Waals surface area (Å²) >= 11 is 0. The van der Waals surface area contributed by atoms with Gasteiger partial charge in [-0.1, -0.05) is 0 Å². The number of rotatable bonds is 5. The van der Waals surface area contributed by atoms with Crippen LogP contribution < -0.4 is 5.32 Å². The molecule has 6 heteroatoms. The summed E-state index contributed by atoms with van der Waals surface area (Å²) < 4.78 is 24.5. The zero-order chi connectivity index (χ0) is 12.5. The summed E-state index contributed by atoms with van der Waals surface area (Å²) in [7, 11) is 0.119. The van der Waals surface area contributed by atoms with Crippen molar-refractivity contribution in [1.82, 2.24) is 14.5 Å². The van der Waals surface area contributed by atoms with Crippen LogP contribution in [0.3, 0.4) is 0 Å². The molecule has 2 atom stereocenters. The molecular formula is C11H23N3O2S. The minimum Gasteiger partial charge on any atom is -0.311 e. The van der Waals surface area contributed by atoms with E-state index in [9.17, 15) is 8.42 Å². The van der Waals surface area contributed by atoms with Gasteiger partial charge in [0.05, 0.1) is 5.75 Å². The Kier molecular flexibility index (Phi) is 4.07. The average molecular weight is 261 g/mol. The summed E-state index contributed by atoms with van der Waals surface area (Å²) in [6, 6.07) is 1.15. The molecule has 2 heterocycles. The number of fused-ring (bicyclic) bond motifs is 1. The second kappa shape index (κ2) is 5.22. The van der Waals surface area contributed by atoms with Crippen LogP contribution in [0.2, 0.25) is 0 Å². The number of sulfonamides is 1. The molecule has 0 bridgehead atoms. The van der Waals surface area contributed by atoms with E-state index in [4.69, 9.17) is 0 Å². The molecule has 1 N–H and O–H groups in total. The van der Waals surface area contributed by atoms with Crippen LogP contribution in [0.4, 0.5) is 0 Å². The second-order valence-corrected chi connectivity index (χ2v) is 7.50. The van der Waals surface area contributed by atoms with Gasteiger partial charge in [-0.3, -0.25) is 4.90 Å². The highest BCUT2D eigenvalue weighted by atomic mass is 32.2. The van der Waals surface area contributed by atoms with E-state index in [1.165, 1.54) is 30.2 Å². The second-order valence-electron chi connectivity index (χ2n) is 5.19. The van der Waals surface area contributed by atoms with E-state index >= 15 is 0 Å². The molecule has 2 rings (SSSR count). The van der Waals surface area contributed by atoms with Gasteiger partial charge >= 0.3 is 0 Å². The van der Waals surface area contributed by atoms with Crippen molar-refractivity contribution < 1.29 is 8.42 Å². The fourth-order valence-electron chi connectivity index (χ4n) is 2.88. The van der Waals surface area contributed by atoms with Gasteiger partial charge in [0, 0.05) is 39.3 Å². The van der Waals surface area contributed by atoms with Crippen LogP contribution >= 0.6 is 0 Å². The fourth-order valence-corrected chi connectivity index (χ4v) is 3.62. The van der Waals surface area contributed by atoms with Crippen molar-refractivity contribution >= 4 is 10.0 Å². The molecule has 2 aliphatic heterocycles. The Morgan fingerprint density at radius 2 is 2.06 bits per heavy atom. The van der Waals surface area contributed by atoms with E-state index in [1.54, 1.807) is 14.1 Å². The zero-order valence-corrected chi connectivity index (χ0v) is 11.5. The van der Waals surface area contributed by atoms with E-state index in [0.717, 1.165) is 6.42 Å². The standard InChI is InChI=1S/C11H23N3O2S/c1-13(2)17(15,16)9-6-12-10-5-8-14-7-3-4-11(10)14/h10-12H,3-9H2,1-2H3. The van der Waals surface area contributed by atoms with Crippen molar-refractivity contribution in [2.75, 3.05) is 39.5 Å². The van der Waals surface area contributed by atoms with Crippen LogP contribution in [0, 0.1) is 0 Å². The monoisotopic (exact) mass is 261 g/mol. The maximum absolute atomic E-state index is 11.6. The summed E-state index contributed by atoms with van der Waals surface area (Å²) in [5, 5.41) is 3.42. The number of hydrogen-bond acceptors (Lipinski definition) is 4. The molecule has 0 saturated carbocycles. The minimum absolute atomic E-state index is 0.198. The number of nitrogens with zero attached hydrogens (tertiary/aromatic N) is 2. The summed E-state index contributed by atoms with van der Waals surface area (Å²) in [4.78, 5) is 2.53. The zero-order valence-electron chi connectivity index (χ0n) is 10.7. The molecule has 0 aromatic heterocycles. The van der Waals surface area contributed by atoms with Gasteiger partial charge in [0.25, 0.3) is 0 Å². The maximum atomic E-state index is 11.6. The summed E-state index contributed by atoms with van der Waals surface area (Å²) in [6.07, 6.45) is 3.71. The summed E-state index contributed by atoms with van der Waals surface area (Å²) in [5.41, 5.74) is 0. The van der Waals surface area contributed by atoms with Crippen LogP contribution in [-0.2, 0) is 10.0 Å².